The van der Waals surface area contributed by atoms with Gasteiger partial charge in [-0.05, 0) is 30.7 Å². The first-order chi connectivity index (χ1) is 16.1. The van der Waals surface area contributed by atoms with Crippen LogP contribution in [0.3, 0.4) is 0 Å². The molecule has 0 atom stereocenters. The lowest BCUT2D eigenvalue weighted by Crippen LogP contribution is -2.16. The maximum Gasteiger partial charge on any atom is 0.383 e. The predicted octanol–water partition coefficient (Wildman–Crippen LogP) is 6.54. The van der Waals surface area contributed by atoms with Crippen molar-refractivity contribution in [1.29, 1.82) is 0 Å². The van der Waals surface area contributed by atoms with Crippen molar-refractivity contribution in [2.75, 3.05) is 13.7 Å². The number of carbonyl (C=O) groups excluding carboxylic acids is 1. The molecule has 0 fully saturated rings. The van der Waals surface area contributed by atoms with Crippen LogP contribution in [0, 0.1) is 0 Å². The standard InChI is InChI=1S/C27H32O6/c1-3-4-5-6-7-8-9-13-18-31-24-22-17-16-21(30-2)19-23(22)32-27(29)25(24)33-26(28)20-14-11-10-12-15-20/h10-12,14-17,19H,3-9,13,18H2,1-2H3. The molecule has 0 radical (unpaired) electrons. The molecule has 0 bridgehead atoms. The van der Waals surface area contributed by atoms with Crippen molar-refractivity contribution >= 4 is 16.9 Å². The molecule has 0 aliphatic carbocycles. The maximum absolute atomic E-state index is 12.7. The molecule has 3 aromatic rings. The van der Waals surface area contributed by atoms with Gasteiger partial charge in [0, 0.05) is 6.07 Å². The highest BCUT2D eigenvalue weighted by Crippen LogP contribution is 2.35. The average molecular weight is 453 g/mol. The number of esters is 1. The van der Waals surface area contributed by atoms with E-state index in [4.69, 9.17) is 18.6 Å². The molecule has 0 aliphatic heterocycles. The van der Waals surface area contributed by atoms with Gasteiger partial charge in [-0.15, -0.1) is 0 Å². The molecule has 0 saturated carbocycles. The van der Waals surface area contributed by atoms with Gasteiger partial charge in [0.05, 0.1) is 24.7 Å². The van der Waals surface area contributed by atoms with Crippen molar-refractivity contribution in [2.24, 2.45) is 0 Å². The van der Waals surface area contributed by atoms with E-state index < -0.39 is 11.6 Å². The number of methoxy groups -OCH3 is 1. The van der Waals surface area contributed by atoms with Crippen LogP contribution in [-0.2, 0) is 0 Å². The second kappa shape index (κ2) is 12.7. The van der Waals surface area contributed by atoms with E-state index >= 15 is 0 Å². The summed E-state index contributed by atoms with van der Waals surface area (Å²) in [5.74, 6) is -0.112. The number of unbranched alkanes of at least 4 members (excludes halogenated alkanes) is 7. The zero-order valence-electron chi connectivity index (χ0n) is 19.4. The van der Waals surface area contributed by atoms with E-state index in [0.717, 1.165) is 19.3 Å². The van der Waals surface area contributed by atoms with Crippen LogP contribution in [0.15, 0.2) is 57.7 Å². The normalized spacial score (nSPS) is 10.8. The summed E-state index contributed by atoms with van der Waals surface area (Å²) in [7, 11) is 1.54. The van der Waals surface area contributed by atoms with Crippen LogP contribution in [-0.4, -0.2) is 19.7 Å². The molecular weight excluding hydrogens is 420 g/mol. The highest BCUT2D eigenvalue weighted by Gasteiger charge is 2.22. The molecular formula is C27H32O6. The fourth-order valence-corrected chi connectivity index (χ4v) is 3.63. The quantitative estimate of drug-likeness (QED) is 0.166. The van der Waals surface area contributed by atoms with Crippen molar-refractivity contribution in [3.05, 3.63) is 64.5 Å². The molecule has 33 heavy (non-hydrogen) atoms. The number of hydrogen-bond donors (Lipinski definition) is 0. The lowest BCUT2D eigenvalue weighted by molar-refractivity contribution is 0.0721. The van der Waals surface area contributed by atoms with Crippen LogP contribution in [0.25, 0.3) is 11.0 Å². The minimum Gasteiger partial charge on any atom is -0.497 e. The van der Waals surface area contributed by atoms with Crippen LogP contribution in [0.2, 0.25) is 0 Å². The summed E-state index contributed by atoms with van der Waals surface area (Å²) in [6.07, 6.45) is 9.35. The van der Waals surface area contributed by atoms with Crippen molar-refractivity contribution in [3.8, 4) is 17.2 Å². The minimum atomic E-state index is -0.772. The average Bonchev–Trinajstić information content (AvgIpc) is 2.84. The summed E-state index contributed by atoms with van der Waals surface area (Å²) < 4.78 is 22.1. The fraction of sp³-hybridized carbons (Fsp3) is 0.407. The third-order valence-electron chi connectivity index (χ3n) is 5.48. The van der Waals surface area contributed by atoms with E-state index in [2.05, 4.69) is 6.92 Å². The van der Waals surface area contributed by atoms with E-state index in [1.165, 1.54) is 39.2 Å². The summed E-state index contributed by atoms with van der Waals surface area (Å²) in [4.78, 5) is 25.3. The van der Waals surface area contributed by atoms with Crippen molar-refractivity contribution in [2.45, 2.75) is 58.3 Å². The molecule has 1 aromatic heterocycles. The van der Waals surface area contributed by atoms with Crippen molar-refractivity contribution < 1.29 is 23.4 Å². The van der Waals surface area contributed by atoms with E-state index in [1.54, 1.807) is 48.5 Å². The van der Waals surface area contributed by atoms with Gasteiger partial charge in [-0.25, -0.2) is 9.59 Å². The molecule has 6 heteroatoms. The Balaban J connectivity index is 1.75. The molecule has 0 aliphatic rings. The van der Waals surface area contributed by atoms with Gasteiger partial charge in [0.1, 0.15) is 11.3 Å². The molecule has 0 N–H and O–H groups in total. The van der Waals surface area contributed by atoms with Crippen molar-refractivity contribution in [3.63, 3.8) is 0 Å². The summed E-state index contributed by atoms with van der Waals surface area (Å²) in [6, 6.07) is 13.6. The first kappa shape index (κ1) is 24.4. The number of carbonyl (C=O) groups is 1. The molecule has 2 aromatic carbocycles. The molecule has 3 rings (SSSR count). The zero-order chi connectivity index (χ0) is 23.5. The SMILES string of the molecule is CCCCCCCCCCOc1c(OC(=O)c2ccccc2)c(=O)oc2cc(OC)ccc12. The van der Waals surface area contributed by atoms with Gasteiger partial charge in [-0.1, -0.05) is 70.1 Å². The first-order valence-electron chi connectivity index (χ1n) is 11.7. The van der Waals surface area contributed by atoms with Crippen LogP contribution >= 0.6 is 0 Å². The van der Waals surface area contributed by atoms with E-state index in [9.17, 15) is 9.59 Å². The van der Waals surface area contributed by atoms with E-state index in [-0.39, 0.29) is 11.5 Å². The topological polar surface area (TPSA) is 75.0 Å². The zero-order valence-corrected chi connectivity index (χ0v) is 19.4. The summed E-state index contributed by atoms with van der Waals surface area (Å²) in [6.45, 7) is 2.63. The molecule has 0 unspecified atom stereocenters. The van der Waals surface area contributed by atoms with E-state index in [0.29, 0.717) is 28.9 Å². The first-order valence-corrected chi connectivity index (χ1v) is 11.7. The van der Waals surface area contributed by atoms with Gasteiger partial charge >= 0.3 is 11.6 Å². The number of benzene rings is 2. The smallest absolute Gasteiger partial charge is 0.383 e. The molecule has 0 saturated heterocycles. The number of ether oxygens (including phenoxy) is 3. The van der Waals surface area contributed by atoms with Gasteiger partial charge in [0.15, 0.2) is 5.75 Å². The molecule has 1 heterocycles. The van der Waals surface area contributed by atoms with Crippen LogP contribution < -0.4 is 19.8 Å². The number of hydrogen-bond acceptors (Lipinski definition) is 6. The second-order valence-electron chi connectivity index (χ2n) is 7.99. The maximum atomic E-state index is 12.7. The minimum absolute atomic E-state index is 0.219. The Hall–Kier alpha value is -3.28. The Kier molecular flexibility index (Phi) is 9.36. The Labute approximate surface area is 194 Å². The largest absolute Gasteiger partial charge is 0.497 e. The third kappa shape index (κ3) is 6.85. The Morgan fingerprint density at radius 2 is 1.58 bits per heavy atom. The second-order valence-corrected chi connectivity index (χ2v) is 7.99. The van der Waals surface area contributed by atoms with Crippen molar-refractivity contribution in [1.82, 2.24) is 0 Å². The predicted molar refractivity (Wildman–Crippen MR) is 129 cm³/mol. The van der Waals surface area contributed by atoms with E-state index in [1.807, 2.05) is 0 Å². The summed E-state index contributed by atoms with van der Waals surface area (Å²) in [5.41, 5.74) is -0.128. The molecule has 0 amide bonds. The molecule has 0 spiro atoms. The van der Waals surface area contributed by atoms with Crippen LogP contribution in [0.5, 0.6) is 17.2 Å². The number of rotatable bonds is 13. The number of fused-ring (bicyclic) bond motifs is 1. The third-order valence-corrected chi connectivity index (χ3v) is 5.48. The van der Waals surface area contributed by atoms with Gasteiger partial charge in [-0.2, -0.15) is 0 Å². The fourth-order valence-electron chi connectivity index (χ4n) is 3.63. The molecule has 176 valence electrons. The summed E-state index contributed by atoms with van der Waals surface area (Å²) >= 11 is 0. The highest BCUT2D eigenvalue weighted by atomic mass is 16.6. The molecule has 6 nitrogen and oxygen atoms in total. The van der Waals surface area contributed by atoms with Gasteiger partial charge in [0.2, 0.25) is 0 Å². The lowest BCUT2D eigenvalue weighted by Gasteiger charge is -2.13. The Morgan fingerprint density at radius 3 is 2.27 bits per heavy atom. The van der Waals surface area contributed by atoms with Crippen LogP contribution in [0.4, 0.5) is 0 Å². The van der Waals surface area contributed by atoms with Gasteiger partial charge in [0.25, 0.3) is 5.75 Å². The van der Waals surface area contributed by atoms with Gasteiger partial charge < -0.3 is 18.6 Å². The monoisotopic (exact) mass is 452 g/mol. The Bertz CT molecular complexity index is 1090. The highest BCUT2D eigenvalue weighted by molar-refractivity contribution is 5.93. The Morgan fingerprint density at radius 1 is 0.879 bits per heavy atom. The summed E-state index contributed by atoms with van der Waals surface area (Å²) in [5, 5.41) is 0.547. The van der Waals surface area contributed by atoms with Gasteiger partial charge in [-0.3, -0.25) is 0 Å². The lowest BCUT2D eigenvalue weighted by atomic mass is 10.1. The van der Waals surface area contributed by atoms with Crippen LogP contribution in [0.1, 0.15) is 68.6 Å².